The Kier molecular flexibility index (Phi) is 4.94. The molecule has 0 aromatic heterocycles. The lowest BCUT2D eigenvalue weighted by atomic mass is 10.1. The molecule has 0 saturated carbocycles. The Morgan fingerprint density at radius 1 is 1.43 bits per heavy atom. The van der Waals surface area contributed by atoms with Crippen molar-refractivity contribution in [1.82, 2.24) is 4.90 Å². The van der Waals surface area contributed by atoms with Crippen molar-refractivity contribution in [2.45, 2.75) is 6.04 Å². The van der Waals surface area contributed by atoms with Gasteiger partial charge in [-0.2, -0.15) is 0 Å². The number of amides is 1. The van der Waals surface area contributed by atoms with Crippen LogP contribution in [0.2, 0.25) is 0 Å². The smallest absolute Gasteiger partial charge is 0.328 e. The molecular formula is C15H17NO5. The molecule has 21 heavy (non-hydrogen) atoms. The van der Waals surface area contributed by atoms with Crippen LogP contribution in [-0.2, 0) is 14.3 Å². The Bertz CT molecular complexity index is 555. The fourth-order valence-electron chi connectivity index (χ4n) is 2.13. The van der Waals surface area contributed by atoms with Crippen LogP contribution in [0.1, 0.15) is 5.56 Å². The monoisotopic (exact) mass is 291 g/mol. The number of nitrogens with zero attached hydrogens (tertiary/aromatic N) is 1. The Morgan fingerprint density at radius 2 is 2.19 bits per heavy atom. The van der Waals surface area contributed by atoms with Crippen LogP contribution in [0.25, 0.3) is 6.08 Å². The van der Waals surface area contributed by atoms with Crippen LogP contribution >= 0.6 is 0 Å². The third-order valence-corrected chi connectivity index (χ3v) is 3.24. The molecule has 0 bridgehead atoms. The number of carboxylic acids is 1. The Morgan fingerprint density at radius 3 is 2.90 bits per heavy atom. The average molecular weight is 291 g/mol. The number of methoxy groups -OCH3 is 1. The molecule has 1 aliphatic rings. The molecule has 6 nitrogen and oxygen atoms in total. The number of ether oxygens (including phenoxy) is 2. The van der Waals surface area contributed by atoms with Gasteiger partial charge in [-0.1, -0.05) is 18.2 Å². The van der Waals surface area contributed by atoms with E-state index in [1.54, 1.807) is 19.3 Å². The van der Waals surface area contributed by atoms with Crippen molar-refractivity contribution in [3.63, 3.8) is 0 Å². The maximum Gasteiger partial charge on any atom is 0.328 e. The average Bonchev–Trinajstić information content (AvgIpc) is 2.52. The number of morpholine rings is 1. The van der Waals surface area contributed by atoms with Gasteiger partial charge in [-0.05, 0) is 12.1 Å². The lowest BCUT2D eigenvalue weighted by molar-refractivity contribution is -0.156. The van der Waals surface area contributed by atoms with Gasteiger partial charge in [0.2, 0.25) is 5.91 Å². The Labute approximate surface area is 122 Å². The van der Waals surface area contributed by atoms with Crippen LogP contribution in [-0.4, -0.2) is 54.8 Å². The summed E-state index contributed by atoms with van der Waals surface area (Å²) >= 11 is 0. The van der Waals surface area contributed by atoms with E-state index in [0.717, 1.165) is 5.56 Å². The van der Waals surface area contributed by atoms with Crippen LogP contribution in [0.5, 0.6) is 5.75 Å². The van der Waals surface area contributed by atoms with Crippen molar-refractivity contribution >= 4 is 18.0 Å². The molecule has 1 heterocycles. The van der Waals surface area contributed by atoms with Crippen LogP contribution in [0, 0.1) is 0 Å². The van der Waals surface area contributed by atoms with Crippen molar-refractivity contribution in [3.05, 3.63) is 35.9 Å². The molecule has 1 fully saturated rings. The van der Waals surface area contributed by atoms with Gasteiger partial charge in [0.05, 0.1) is 20.3 Å². The maximum absolute atomic E-state index is 12.2. The summed E-state index contributed by atoms with van der Waals surface area (Å²) in [6.45, 7) is 0.633. The summed E-state index contributed by atoms with van der Waals surface area (Å²) in [7, 11) is 1.55. The van der Waals surface area contributed by atoms with Gasteiger partial charge in [0.25, 0.3) is 0 Å². The lowest BCUT2D eigenvalue weighted by Gasteiger charge is -2.32. The highest BCUT2D eigenvalue weighted by Gasteiger charge is 2.31. The summed E-state index contributed by atoms with van der Waals surface area (Å²) in [4.78, 5) is 24.6. The van der Waals surface area contributed by atoms with E-state index in [4.69, 9.17) is 14.6 Å². The van der Waals surface area contributed by atoms with E-state index in [2.05, 4.69) is 0 Å². The number of carbonyl (C=O) groups is 2. The van der Waals surface area contributed by atoms with Gasteiger partial charge in [0, 0.05) is 18.2 Å². The highest BCUT2D eigenvalue weighted by molar-refractivity contribution is 5.94. The molecule has 1 aromatic carbocycles. The fraction of sp³-hybridized carbons (Fsp3) is 0.333. The first-order valence-electron chi connectivity index (χ1n) is 6.55. The zero-order valence-electron chi connectivity index (χ0n) is 11.7. The minimum Gasteiger partial charge on any atom is -0.496 e. The largest absolute Gasteiger partial charge is 0.496 e. The summed E-state index contributed by atoms with van der Waals surface area (Å²) in [5, 5.41) is 9.11. The van der Waals surface area contributed by atoms with E-state index >= 15 is 0 Å². The molecule has 112 valence electrons. The molecule has 1 amide bonds. The van der Waals surface area contributed by atoms with Gasteiger partial charge in [0.15, 0.2) is 6.04 Å². The molecular weight excluding hydrogens is 274 g/mol. The highest BCUT2D eigenvalue weighted by atomic mass is 16.5. The highest BCUT2D eigenvalue weighted by Crippen LogP contribution is 2.19. The minimum absolute atomic E-state index is 0.0174. The molecule has 2 rings (SSSR count). The molecule has 0 aliphatic carbocycles. The predicted molar refractivity (Wildman–Crippen MR) is 76.0 cm³/mol. The molecule has 1 N–H and O–H groups in total. The van der Waals surface area contributed by atoms with Gasteiger partial charge in [-0.15, -0.1) is 0 Å². The second kappa shape index (κ2) is 6.90. The zero-order chi connectivity index (χ0) is 15.2. The van der Waals surface area contributed by atoms with Gasteiger partial charge < -0.3 is 19.5 Å². The fourth-order valence-corrected chi connectivity index (χ4v) is 2.13. The standard InChI is InChI=1S/C15H17NO5/c1-20-13-5-3-2-4-11(13)6-7-14(17)16-8-9-21-10-12(16)15(18)19/h2-7,12H,8-10H2,1H3,(H,18,19)/b7-6-/t12-/m1/s1. The van der Waals surface area contributed by atoms with Crippen molar-refractivity contribution in [2.24, 2.45) is 0 Å². The van der Waals surface area contributed by atoms with E-state index in [1.165, 1.54) is 11.0 Å². The zero-order valence-corrected chi connectivity index (χ0v) is 11.7. The van der Waals surface area contributed by atoms with Gasteiger partial charge >= 0.3 is 5.97 Å². The first-order chi connectivity index (χ1) is 10.1. The van der Waals surface area contributed by atoms with E-state index in [-0.39, 0.29) is 19.1 Å². The first-order valence-corrected chi connectivity index (χ1v) is 6.55. The summed E-state index contributed by atoms with van der Waals surface area (Å²) in [5.74, 6) is -0.761. The number of benzene rings is 1. The molecule has 0 radical (unpaired) electrons. The number of rotatable bonds is 4. The summed E-state index contributed by atoms with van der Waals surface area (Å²) in [6.07, 6.45) is 2.98. The Balaban J connectivity index is 2.12. The number of hydrogen-bond acceptors (Lipinski definition) is 4. The van der Waals surface area contributed by atoms with Crippen LogP contribution in [0.15, 0.2) is 30.3 Å². The topological polar surface area (TPSA) is 76.1 Å². The summed E-state index contributed by atoms with van der Waals surface area (Å²) in [5.41, 5.74) is 0.758. The Hall–Kier alpha value is -2.34. The van der Waals surface area contributed by atoms with Crippen LogP contribution in [0.3, 0.4) is 0 Å². The van der Waals surface area contributed by atoms with E-state index in [9.17, 15) is 9.59 Å². The van der Waals surface area contributed by atoms with Crippen molar-refractivity contribution < 1.29 is 24.2 Å². The molecule has 1 atom stereocenters. The number of carbonyl (C=O) groups excluding carboxylic acids is 1. The molecule has 0 unspecified atom stereocenters. The third-order valence-electron chi connectivity index (χ3n) is 3.24. The van der Waals surface area contributed by atoms with Crippen molar-refractivity contribution in [3.8, 4) is 5.75 Å². The summed E-state index contributed by atoms with van der Waals surface area (Å²) < 4.78 is 10.3. The van der Waals surface area contributed by atoms with Crippen LogP contribution < -0.4 is 4.74 Å². The van der Waals surface area contributed by atoms with E-state index < -0.39 is 12.0 Å². The SMILES string of the molecule is COc1ccccc1/C=C\C(=O)N1CCOC[C@@H]1C(=O)O. The van der Waals surface area contributed by atoms with Gasteiger partial charge in [-0.25, -0.2) is 4.79 Å². The van der Waals surface area contributed by atoms with Crippen molar-refractivity contribution in [2.75, 3.05) is 26.9 Å². The number of hydrogen-bond donors (Lipinski definition) is 1. The third kappa shape index (κ3) is 3.61. The first kappa shape index (κ1) is 15.1. The molecule has 6 heteroatoms. The van der Waals surface area contributed by atoms with Gasteiger partial charge in [0.1, 0.15) is 5.75 Å². The van der Waals surface area contributed by atoms with Crippen LogP contribution in [0.4, 0.5) is 0 Å². The lowest BCUT2D eigenvalue weighted by Crippen LogP contribution is -2.52. The normalized spacial score (nSPS) is 18.7. The molecule has 1 saturated heterocycles. The van der Waals surface area contributed by atoms with Crippen molar-refractivity contribution in [1.29, 1.82) is 0 Å². The number of aliphatic carboxylic acids is 1. The quantitative estimate of drug-likeness (QED) is 0.838. The number of para-hydroxylation sites is 1. The predicted octanol–water partition coefficient (Wildman–Crippen LogP) is 1.02. The molecule has 1 aromatic rings. The maximum atomic E-state index is 12.2. The number of carboxylic acid groups (broad SMARTS) is 1. The second-order valence-corrected chi connectivity index (χ2v) is 4.54. The van der Waals surface area contributed by atoms with E-state index in [0.29, 0.717) is 12.4 Å². The summed E-state index contributed by atoms with van der Waals surface area (Å²) in [6, 6.07) is 6.34. The van der Waals surface area contributed by atoms with E-state index in [1.807, 2.05) is 18.2 Å². The second-order valence-electron chi connectivity index (χ2n) is 4.54. The minimum atomic E-state index is -1.06. The molecule has 1 aliphatic heterocycles. The van der Waals surface area contributed by atoms with Gasteiger partial charge in [-0.3, -0.25) is 4.79 Å². The molecule has 0 spiro atoms.